The number of Topliss-reactive ketones (excluding diaryl/α,β-unsaturated/α-hetero) is 2. The standard InChI is InChI=1S/C29H30N2O4/c1-18-12-14-20(15-13-18)30-26(34)17-35-21-7-3-6-19(16-21)27-28-22(8-4-10-24(28)32)31(2)23-9-5-11-25(33)29(23)27/h3,6-7,12-16,27H,4-5,8-11,17H2,1-2H3,(H,30,34). The van der Waals surface area contributed by atoms with Gasteiger partial charge < -0.3 is 15.0 Å². The number of hydrogen-bond acceptors (Lipinski definition) is 5. The zero-order chi connectivity index (χ0) is 24.5. The van der Waals surface area contributed by atoms with Crippen molar-refractivity contribution < 1.29 is 19.1 Å². The molecule has 180 valence electrons. The normalized spacial score (nSPS) is 18.4. The Balaban J connectivity index is 1.41. The summed E-state index contributed by atoms with van der Waals surface area (Å²) in [4.78, 5) is 40.8. The lowest BCUT2D eigenvalue weighted by molar-refractivity contribution is -0.118. The van der Waals surface area contributed by atoms with Crippen molar-refractivity contribution in [2.45, 2.75) is 51.4 Å². The van der Waals surface area contributed by atoms with Gasteiger partial charge in [-0.15, -0.1) is 0 Å². The summed E-state index contributed by atoms with van der Waals surface area (Å²) in [5.41, 5.74) is 6.29. The number of ketones is 2. The molecule has 1 heterocycles. The van der Waals surface area contributed by atoms with E-state index >= 15 is 0 Å². The van der Waals surface area contributed by atoms with Crippen LogP contribution >= 0.6 is 0 Å². The van der Waals surface area contributed by atoms with Gasteiger partial charge in [0, 0.05) is 54.0 Å². The van der Waals surface area contributed by atoms with Gasteiger partial charge in [-0.2, -0.15) is 0 Å². The molecule has 0 aromatic heterocycles. The van der Waals surface area contributed by atoms with E-state index < -0.39 is 0 Å². The summed E-state index contributed by atoms with van der Waals surface area (Å²) in [7, 11) is 1.99. The predicted octanol–water partition coefficient (Wildman–Crippen LogP) is 5.06. The van der Waals surface area contributed by atoms with Gasteiger partial charge in [0.05, 0.1) is 0 Å². The van der Waals surface area contributed by atoms with E-state index in [-0.39, 0.29) is 30.0 Å². The van der Waals surface area contributed by atoms with E-state index in [1.165, 1.54) is 0 Å². The van der Waals surface area contributed by atoms with E-state index in [2.05, 4.69) is 10.2 Å². The average molecular weight is 471 g/mol. The van der Waals surface area contributed by atoms with Crippen molar-refractivity contribution in [1.29, 1.82) is 0 Å². The van der Waals surface area contributed by atoms with Crippen LogP contribution < -0.4 is 10.1 Å². The summed E-state index contributed by atoms with van der Waals surface area (Å²) in [5.74, 6) is 0.158. The third kappa shape index (κ3) is 4.53. The third-order valence-corrected chi connectivity index (χ3v) is 7.14. The van der Waals surface area contributed by atoms with Gasteiger partial charge in [-0.25, -0.2) is 0 Å². The minimum Gasteiger partial charge on any atom is -0.484 e. The number of amides is 1. The number of hydrogen-bond donors (Lipinski definition) is 1. The molecule has 6 heteroatoms. The molecule has 0 bridgehead atoms. The highest BCUT2D eigenvalue weighted by Gasteiger charge is 2.42. The molecule has 1 N–H and O–H groups in total. The minimum absolute atomic E-state index is 0.122. The molecule has 0 atom stereocenters. The summed E-state index contributed by atoms with van der Waals surface area (Å²) < 4.78 is 5.82. The van der Waals surface area contributed by atoms with E-state index in [9.17, 15) is 14.4 Å². The number of anilines is 1. The molecule has 2 aliphatic carbocycles. The van der Waals surface area contributed by atoms with Crippen molar-refractivity contribution >= 4 is 23.2 Å². The molecule has 0 unspecified atom stereocenters. The maximum Gasteiger partial charge on any atom is 0.262 e. The van der Waals surface area contributed by atoms with Crippen LogP contribution in [-0.4, -0.2) is 36.0 Å². The molecule has 0 saturated heterocycles. The van der Waals surface area contributed by atoms with Crippen molar-refractivity contribution in [2.75, 3.05) is 19.0 Å². The molecule has 0 saturated carbocycles. The zero-order valence-electron chi connectivity index (χ0n) is 20.2. The SMILES string of the molecule is Cc1ccc(NC(=O)COc2cccc(C3C4=C(CCCC4=O)N(C)C4=C3C(=O)CCC4)c2)cc1. The first-order valence-electron chi connectivity index (χ1n) is 12.3. The Labute approximate surface area is 205 Å². The monoisotopic (exact) mass is 470 g/mol. The van der Waals surface area contributed by atoms with Gasteiger partial charge in [-0.05, 0) is 62.4 Å². The summed E-state index contributed by atoms with van der Waals surface area (Å²) in [6.07, 6.45) is 4.38. The fraction of sp³-hybridized carbons (Fsp3) is 0.345. The largest absolute Gasteiger partial charge is 0.484 e. The fourth-order valence-corrected chi connectivity index (χ4v) is 5.45. The van der Waals surface area contributed by atoms with Crippen molar-refractivity contribution in [3.63, 3.8) is 0 Å². The Morgan fingerprint density at radius 1 is 0.943 bits per heavy atom. The second-order valence-corrected chi connectivity index (χ2v) is 9.54. The Morgan fingerprint density at radius 3 is 2.20 bits per heavy atom. The van der Waals surface area contributed by atoms with Crippen molar-refractivity contribution in [3.8, 4) is 5.75 Å². The third-order valence-electron chi connectivity index (χ3n) is 7.14. The molecule has 1 amide bonds. The first kappa shape index (κ1) is 23.1. The number of ether oxygens (including phenoxy) is 1. The molecule has 2 aromatic carbocycles. The van der Waals surface area contributed by atoms with Gasteiger partial charge in [-0.3, -0.25) is 14.4 Å². The van der Waals surface area contributed by atoms with Gasteiger partial charge >= 0.3 is 0 Å². The minimum atomic E-state index is -0.373. The van der Waals surface area contributed by atoms with E-state index in [1.807, 2.05) is 56.4 Å². The van der Waals surface area contributed by atoms with E-state index in [4.69, 9.17) is 4.74 Å². The zero-order valence-corrected chi connectivity index (χ0v) is 20.2. The highest BCUT2D eigenvalue weighted by Crippen LogP contribution is 2.48. The summed E-state index contributed by atoms with van der Waals surface area (Å²) in [6, 6.07) is 15.1. The number of nitrogens with one attached hydrogen (secondary N) is 1. The molecular formula is C29H30N2O4. The molecule has 3 aliphatic rings. The summed E-state index contributed by atoms with van der Waals surface area (Å²) in [6.45, 7) is 1.86. The van der Waals surface area contributed by atoms with Crippen LogP contribution in [0.15, 0.2) is 71.1 Å². The highest BCUT2D eigenvalue weighted by molar-refractivity contribution is 6.06. The molecule has 35 heavy (non-hydrogen) atoms. The number of benzene rings is 2. The smallest absolute Gasteiger partial charge is 0.262 e. The van der Waals surface area contributed by atoms with Crippen molar-refractivity contribution in [2.24, 2.45) is 0 Å². The van der Waals surface area contributed by atoms with E-state index in [0.717, 1.165) is 65.0 Å². The quantitative estimate of drug-likeness (QED) is 0.661. The maximum atomic E-state index is 13.1. The van der Waals surface area contributed by atoms with Crippen LogP contribution in [0.5, 0.6) is 5.75 Å². The van der Waals surface area contributed by atoms with Crippen molar-refractivity contribution in [1.82, 2.24) is 4.90 Å². The van der Waals surface area contributed by atoms with Crippen molar-refractivity contribution in [3.05, 3.63) is 82.2 Å². The lowest BCUT2D eigenvalue weighted by Gasteiger charge is -2.42. The molecule has 1 aliphatic heterocycles. The van der Waals surface area contributed by atoms with Crippen LogP contribution in [0.4, 0.5) is 5.69 Å². The molecule has 2 aromatic rings. The summed E-state index contributed by atoms with van der Waals surface area (Å²) >= 11 is 0. The number of rotatable bonds is 5. The van der Waals surface area contributed by atoms with Gasteiger partial charge in [0.1, 0.15) is 5.75 Å². The van der Waals surface area contributed by atoms with Gasteiger partial charge in [0.25, 0.3) is 5.91 Å². The maximum absolute atomic E-state index is 13.1. The lowest BCUT2D eigenvalue weighted by atomic mass is 9.71. The first-order chi connectivity index (χ1) is 16.9. The molecule has 0 fully saturated rings. The first-order valence-corrected chi connectivity index (χ1v) is 12.3. The van der Waals surface area contributed by atoms with Crippen LogP contribution in [0, 0.1) is 6.92 Å². The number of nitrogens with zero attached hydrogens (tertiary/aromatic N) is 1. The Kier molecular flexibility index (Phi) is 6.29. The Hall–Kier alpha value is -3.67. The molecule has 5 rings (SSSR count). The predicted molar refractivity (Wildman–Crippen MR) is 134 cm³/mol. The number of carbonyl (C=O) groups is 3. The van der Waals surface area contributed by atoms with Gasteiger partial charge in [0.15, 0.2) is 18.2 Å². The van der Waals surface area contributed by atoms with Gasteiger partial charge in [-0.1, -0.05) is 29.8 Å². The Bertz CT molecular complexity index is 1210. The number of aryl methyl sites for hydroxylation is 1. The van der Waals surface area contributed by atoms with Crippen LogP contribution in [0.3, 0.4) is 0 Å². The topological polar surface area (TPSA) is 75.7 Å². The van der Waals surface area contributed by atoms with Gasteiger partial charge in [0.2, 0.25) is 0 Å². The molecule has 0 spiro atoms. The highest BCUT2D eigenvalue weighted by atomic mass is 16.5. The second kappa shape index (κ2) is 9.53. The lowest BCUT2D eigenvalue weighted by Crippen LogP contribution is -2.37. The Morgan fingerprint density at radius 2 is 1.57 bits per heavy atom. The van der Waals surface area contributed by atoms with E-state index in [0.29, 0.717) is 18.6 Å². The molecule has 0 radical (unpaired) electrons. The van der Waals surface area contributed by atoms with Crippen LogP contribution in [0.2, 0.25) is 0 Å². The average Bonchev–Trinajstić information content (AvgIpc) is 2.86. The fourth-order valence-electron chi connectivity index (χ4n) is 5.45. The number of carbonyl (C=O) groups excluding carboxylic acids is 3. The summed E-state index contributed by atoms with van der Waals surface area (Å²) in [5, 5.41) is 2.83. The van der Waals surface area contributed by atoms with Crippen LogP contribution in [-0.2, 0) is 14.4 Å². The molecular weight excluding hydrogens is 440 g/mol. The second-order valence-electron chi connectivity index (χ2n) is 9.54. The molecule has 6 nitrogen and oxygen atoms in total. The number of allylic oxidation sites excluding steroid dienone is 4. The van der Waals surface area contributed by atoms with E-state index in [1.54, 1.807) is 6.07 Å². The van der Waals surface area contributed by atoms with Crippen LogP contribution in [0.25, 0.3) is 0 Å². The van der Waals surface area contributed by atoms with Crippen LogP contribution in [0.1, 0.15) is 55.6 Å².